The summed E-state index contributed by atoms with van der Waals surface area (Å²) in [6, 6.07) is 10.5. The number of aromatic nitrogens is 2. The Morgan fingerprint density at radius 2 is 1.84 bits per heavy atom. The van der Waals surface area contributed by atoms with E-state index in [0.717, 1.165) is 15.8 Å². The first-order valence-electron chi connectivity index (χ1n) is 7.70. The molecule has 1 N–H and O–H groups in total. The van der Waals surface area contributed by atoms with E-state index in [4.69, 9.17) is 11.6 Å². The molecule has 5 nitrogen and oxygen atoms in total. The van der Waals surface area contributed by atoms with Crippen LogP contribution in [0.3, 0.4) is 0 Å². The number of hydrogen-bond acceptors (Lipinski definition) is 3. The predicted molar refractivity (Wildman–Crippen MR) is 99.8 cm³/mol. The second-order valence-corrected chi connectivity index (χ2v) is 6.90. The number of carbonyl (C=O) groups excluding carboxylic acids is 2. The van der Waals surface area contributed by atoms with Crippen molar-refractivity contribution < 1.29 is 9.59 Å². The molecular weight excluding hydrogens is 406 g/mol. The maximum atomic E-state index is 12.0. The van der Waals surface area contributed by atoms with Gasteiger partial charge in [-0.3, -0.25) is 9.59 Å². The zero-order valence-corrected chi connectivity index (χ0v) is 15.5. The van der Waals surface area contributed by atoms with Gasteiger partial charge in [0.05, 0.1) is 12.2 Å². The molecule has 7 heteroatoms. The van der Waals surface area contributed by atoms with Crippen LogP contribution in [0, 0.1) is 0 Å². The fourth-order valence-corrected chi connectivity index (χ4v) is 2.87. The lowest BCUT2D eigenvalue weighted by Gasteiger charge is -2.03. The van der Waals surface area contributed by atoms with Crippen LogP contribution < -0.4 is 5.32 Å². The number of Topliss-reactive ketones (excluding diaryl/α,β-unsaturated/α-hetero) is 1. The smallest absolute Gasteiger partial charge is 0.220 e. The number of imidazole rings is 1. The quantitative estimate of drug-likeness (QED) is 0.612. The number of fused-ring (bicyclic) bond motifs is 1. The van der Waals surface area contributed by atoms with Gasteiger partial charge in [-0.25, -0.2) is 4.98 Å². The Balaban J connectivity index is 1.50. The molecule has 0 aliphatic heterocycles. The van der Waals surface area contributed by atoms with E-state index in [1.807, 2.05) is 28.9 Å². The molecule has 0 bridgehead atoms. The van der Waals surface area contributed by atoms with Crippen LogP contribution in [0.1, 0.15) is 28.9 Å². The van der Waals surface area contributed by atoms with E-state index in [2.05, 4.69) is 26.2 Å². The van der Waals surface area contributed by atoms with Crippen molar-refractivity contribution in [1.82, 2.24) is 14.7 Å². The minimum absolute atomic E-state index is 0.0793. The zero-order valence-electron chi connectivity index (χ0n) is 13.2. The topological polar surface area (TPSA) is 63.5 Å². The second-order valence-electron chi connectivity index (χ2n) is 5.55. The standard InChI is InChI=1S/C18H15BrClN3O2/c19-13-3-7-17-22-15(11-23(17)10-13)9-21-18(25)8-6-16(24)12-1-4-14(20)5-2-12/h1-5,7,10-11H,6,8-9H2,(H,21,25). The van der Waals surface area contributed by atoms with Gasteiger partial charge in [-0.15, -0.1) is 0 Å². The molecule has 128 valence electrons. The Morgan fingerprint density at radius 1 is 1.08 bits per heavy atom. The Hall–Kier alpha value is -2.18. The number of amides is 1. The fourth-order valence-electron chi connectivity index (χ4n) is 2.39. The Bertz CT molecular complexity index is 922. The monoisotopic (exact) mass is 419 g/mol. The highest BCUT2D eigenvalue weighted by Gasteiger charge is 2.10. The van der Waals surface area contributed by atoms with Crippen LogP contribution in [0.15, 0.2) is 53.3 Å². The number of pyridine rings is 1. The molecule has 2 aromatic heterocycles. The van der Waals surface area contributed by atoms with Gasteiger partial charge in [0, 0.05) is 40.3 Å². The lowest BCUT2D eigenvalue weighted by molar-refractivity contribution is -0.121. The summed E-state index contributed by atoms with van der Waals surface area (Å²) in [7, 11) is 0. The number of nitrogens with one attached hydrogen (secondary N) is 1. The van der Waals surface area contributed by atoms with Crippen molar-refractivity contribution >= 4 is 44.9 Å². The summed E-state index contributed by atoms with van der Waals surface area (Å²) in [6.07, 6.45) is 4.06. The largest absolute Gasteiger partial charge is 0.350 e. The highest BCUT2D eigenvalue weighted by Crippen LogP contribution is 2.13. The van der Waals surface area contributed by atoms with Gasteiger partial charge in [0.1, 0.15) is 5.65 Å². The molecule has 0 atom stereocenters. The van der Waals surface area contributed by atoms with Crippen LogP contribution in [0.2, 0.25) is 5.02 Å². The van der Waals surface area contributed by atoms with E-state index in [-0.39, 0.29) is 24.5 Å². The van der Waals surface area contributed by atoms with Gasteiger partial charge in [-0.1, -0.05) is 11.6 Å². The van der Waals surface area contributed by atoms with Gasteiger partial charge in [-0.05, 0) is 52.3 Å². The van der Waals surface area contributed by atoms with Crippen molar-refractivity contribution in [3.05, 3.63) is 69.5 Å². The third kappa shape index (κ3) is 4.67. The minimum Gasteiger partial charge on any atom is -0.350 e. The van der Waals surface area contributed by atoms with E-state index >= 15 is 0 Å². The first kappa shape index (κ1) is 17.6. The highest BCUT2D eigenvalue weighted by atomic mass is 79.9. The van der Waals surface area contributed by atoms with Crippen molar-refractivity contribution in [3.8, 4) is 0 Å². The Morgan fingerprint density at radius 3 is 2.60 bits per heavy atom. The first-order valence-corrected chi connectivity index (χ1v) is 8.87. The molecule has 25 heavy (non-hydrogen) atoms. The van der Waals surface area contributed by atoms with Gasteiger partial charge in [0.15, 0.2) is 5.78 Å². The number of carbonyl (C=O) groups is 2. The first-order chi connectivity index (χ1) is 12.0. The van der Waals surface area contributed by atoms with E-state index in [1.165, 1.54) is 0 Å². The molecule has 0 aliphatic rings. The van der Waals surface area contributed by atoms with E-state index in [9.17, 15) is 9.59 Å². The van der Waals surface area contributed by atoms with Gasteiger partial charge in [-0.2, -0.15) is 0 Å². The molecule has 0 radical (unpaired) electrons. The van der Waals surface area contributed by atoms with Crippen molar-refractivity contribution in [1.29, 1.82) is 0 Å². The molecule has 3 aromatic rings. The number of rotatable bonds is 6. The summed E-state index contributed by atoms with van der Waals surface area (Å²) in [5.74, 6) is -0.259. The molecular formula is C18H15BrClN3O2. The van der Waals surface area contributed by atoms with Crippen molar-refractivity contribution in [2.45, 2.75) is 19.4 Å². The summed E-state index contributed by atoms with van der Waals surface area (Å²) in [4.78, 5) is 28.4. The number of benzene rings is 1. The van der Waals surface area contributed by atoms with Crippen LogP contribution in [0.5, 0.6) is 0 Å². The number of ketones is 1. The van der Waals surface area contributed by atoms with Crippen LogP contribution in [0.4, 0.5) is 0 Å². The van der Waals surface area contributed by atoms with Crippen LogP contribution in [-0.4, -0.2) is 21.1 Å². The summed E-state index contributed by atoms with van der Waals surface area (Å²) >= 11 is 9.20. The fraction of sp³-hybridized carbons (Fsp3) is 0.167. The summed E-state index contributed by atoms with van der Waals surface area (Å²) in [5.41, 5.74) is 2.13. The summed E-state index contributed by atoms with van der Waals surface area (Å²) < 4.78 is 2.84. The number of halogens is 2. The molecule has 0 saturated heterocycles. The van der Waals surface area contributed by atoms with Gasteiger partial charge >= 0.3 is 0 Å². The third-order valence-corrected chi connectivity index (χ3v) is 4.40. The molecule has 0 unspecified atom stereocenters. The van der Waals surface area contributed by atoms with E-state index in [1.54, 1.807) is 24.3 Å². The molecule has 1 amide bonds. The van der Waals surface area contributed by atoms with Crippen molar-refractivity contribution in [2.24, 2.45) is 0 Å². The van der Waals surface area contributed by atoms with Gasteiger partial charge in [0.25, 0.3) is 0 Å². The Kier molecular flexibility index (Phi) is 5.50. The maximum Gasteiger partial charge on any atom is 0.220 e. The average Bonchev–Trinajstić information content (AvgIpc) is 3.00. The molecule has 0 fully saturated rings. The summed E-state index contributed by atoms with van der Waals surface area (Å²) in [5, 5.41) is 3.37. The normalized spacial score (nSPS) is 10.8. The second kappa shape index (κ2) is 7.80. The zero-order chi connectivity index (χ0) is 17.8. The van der Waals surface area contributed by atoms with Crippen molar-refractivity contribution in [3.63, 3.8) is 0 Å². The average molecular weight is 421 g/mol. The highest BCUT2D eigenvalue weighted by molar-refractivity contribution is 9.10. The van der Waals surface area contributed by atoms with E-state index < -0.39 is 0 Å². The van der Waals surface area contributed by atoms with Crippen LogP contribution in [0.25, 0.3) is 5.65 Å². The SMILES string of the molecule is O=C(CCC(=O)c1ccc(Cl)cc1)NCc1cn2cc(Br)ccc2n1. The lowest BCUT2D eigenvalue weighted by atomic mass is 10.1. The summed E-state index contributed by atoms with van der Waals surface area (Å²) in [6.45, 7) is 0.327. The van der Waals surface area contributed by atoms with Crippen LogP contribution in [-0.2, 0) is 11.3 Å². The maximum absolute atomic E-state index is 12.0. The predicted octanol–water partition coefficient (Wildman–Crippen LogP) is 4.03. The molecule has 0 spiro atoms. The molecule has 1 aromatic carbocycles. The molecule has 0 aliphatic carbocycles. The number of nitrogens with zero attached hydrogens (tertiary/aromatic N) is 2. The molecule has 0 saturated carbocycles. The lowest BCUT2D eigenvalue weighted by Crippen LogP contribution is -2.23. The molecule has 2 heterocycles. The Labute approximate surface area is 158 Å². The van der Waals surface area contributed by atoms with Gasteiger partial charge in [0.2, 0.25) is 5.91 Å². The van der Waals surface area contributed by atoms with Crippen LogP contribution >= 0.6 is 27.5 Å². The number of hydrogen-bond donors (Lipinski definition) is 1. The third-order valence-electron chi connectivity index (χ3n) is 3.68. The van der Waals surface area contributed by atoms with E-state index in [0.29, 0.717) is 17.1 Å². The molecule has 3 rings (SSSR count). The van der Waals surface area contributed by atoms with Crippen molar-refractivity contribution in [2.75, 3.05) is 0 Å². The minimum atomic E-state index is -0.180. The van der Waals surface area contributed by atoms with Gasteiger partial charge < -0.3 is 9.72 Å².